The molecule has 2 heteroatoms. The van der Waals surface area contributed by atoms with Gasteiger partial charge in [0.15, 0.2) is 0 Å². The molecule has 2 nitrogen and oxygen atoms in total. The topological polar surface area (TPSA) is 46.2 Å². The monoisotopic (exact) mass is 155 g/mol. The van der Waals surface area contributed by atoms with Crippen molar-refractivity contribution in [3.63, 3.8) is 0 Å². The maximum Gasteiger partial charge on any atom is 0.0611 e. The number of hydrogen-bond acceptors (Lipinski definition) is 2. The average molecular weight is 155 g/mol. The highest BCUT2D eigenvalue weighted by molar-refractivity contribution is 5.02. The Kier molecular flexibility index (Phi) is 1.69. The van der Waals surface area contributed by atoms with Crippen LogP contribution in [0.3, 0.4) is 0 Å². The number of hydrogen-bond donors (Lipinski definition) is 2. The van der Waals surface area contributed by atoms with Crippen molar-refractivity contribution in [2.45, 2.75) is 50.7 Å². The van der Waals surface area contributed by atoms with E-state index in [1.165, 1.54) is 12.8 Å². The zero-order valence-corrected chi connectivity index (χ0v) is 6.92. The van der Waals surface area contributed by atoms with Crippen molar-refractivity contribution in [1.82, 2.24) is 0 Å². The highest BCUT2D eigenvalue weighted by Crippen LogP contribution is 2.49. The molecule has 2 rings (SSSR count). The number of aliphatic hydroxyl groups excluding tert-OH is 1. The van der Waals surface area contributed by atoms with E-state index < -0.39 is 0 Å². The summed E-state index contributed by atoms with van der Waals surface area (Å²) >= 11 is 0. The summed E-state index contributed by atoms with van der Waals surface area (Å²) in [6.45, 7) is 0. The second-order valence-corrected chi connectivity index (χ2v) is 4.14. The van der Waals surface area contributed by atoms with Crippen LogP contribution in [0.1, 0.15) is 38.5 Å². The van der Waals surface area contributed by atoms with E-state index in [-0.39, 0.29) is 17.6 Å². The average Bonchev–Trinajstić information content (AvgIpc) is 2.48. The Morgan fingerprint density at radius 2 is 1.82 bits per heavy atom. The Labute approximate surface area is 67.8 Å². The SMILES string of the molecule is N[C@H]1CCCC12CCC[C@@H]2O. The molecule has 2 aliphatic rings. The molecule has 1 unspecified atom stereocenters. The lowest BCUT2D eigenvalue weighted by atomic mass is 9.79. The summed E-state index contributed by atoms with van der Waals surface area (Å²) in [4.78, 5) is 0. The molecule has 0 saturated heterocycles. The molecule has 0 aromatic heterocycles. The minimum Gasteiger partial charge on any atom is -0.392 e. The molecule has 1 spiro atoms. The second-order valence-electron chi connectivity index (χ2n) is 4.14. The molecule has 0 amide bonds. The van der Waals surface area contributed by atoms with E-state index in [1.807, 2.05) is 0 Å². The largest absolute Gasteiger partial charge is 0.392 e. The van der Waals surface area contributed by atoms with Crippen LogP contribution < -0.4 is 5.73 Å². The van der Waals surface area contributed by atoms with Crippen LogP contribution in [0.4, 0.5) is 0 Å². The van der Waals surface area contributed by atoms with Crippen molar-refractivity contribution in [2.75, 3.05) is 0 Å². The molecule has 0 aliphatic heterocycles. The molecular weight excluding hydrogens is 138 g/mol. The van der Waals surface area contributed by atoms with E-state index in [2.05, 4.69) is 0 Å². The van der Waals surface area contributed by atoms with Gasteiger partial charge in [0.2, 0.25) is 0 Å². The standard InChI is InChI=1S/C9H17NO/c10-7-3-1-5-9(7)6-2-4-8(9)11/h7-8,11H,1-6,10H2/t7-,8-,9?/m0/s1. The lowest BCUT2D eigenvalue weighted by Gasteiger charge is -2.32. The molecule has 0 bridgehead atoms. The van der Waals surface area contributed by atoms with Gasteiger partial charge in [-0.25, -0.2) is 0 Å². The third-order valence-corrected chi connectivity index (χ3v) is 3.68. The van der Waals surface area contributed by atoms with Gasteiger partial charge >= 0.3 is 0 Å². The fourth-order valence-electron chi connectivity index (χ4n) is 2.93. The summed E-state index contributed by atoms with van der Waals surface area (Å²) in [5.41, 5.74) is 6.14. The van der Waals surface area contributed by atoms with Crippen LogP contribution in [0.15, 0.2) is 0 Å². The van der Waals surface area contributed by atoms with Crippen LogP contribution in [0.25, 0.3) is 0 Å². The van der Waals surface area contributed by atoms with E-state index in [4.69, 9.17) is 5.73 Å². The number of rotatable bonds is 0. The zero-order chi connectivity index (χ0) is 7.90. The van der Waals surface area contributed by atoms with Gasteiger partial charge in [0.1, 0.15) is 0 Å². The van der Waals surface area contributed by atoms with Gasteiger partial charge in [-0.2, -0.15) is 0 Å². The Hall–Kier alpha value is -0.0800. The van der Waals surface area contributed by atoms with Gasteiger partial charge in [0, 0.05) is 11.5 Å². The predicted octanol–water partition coefficient (Wildman–Crippen LogP) is 1.03. The van der Waals surface area contributed by atoms with Crippen molar-refractivity contribution in [1.29, 1.82) is 0 Å². The van der Waals surface area contributed by atoms with Gasteiger partial charge in [0.05, 0.1) is 6.10 Å². The molecule has 0 aromatic carbocycles. The van der Waals surface area contributed by atoms with Crippen LogP contribution in [-0.2, 0) is 0 Å². The normalized spacial score (nSPS) is 50.7. The van der Waals surface area contributed by atoms with Crippen molar-refractivity contribution in [3.8, 4) is 0 Å². The van der Waals surface area contributed by atoms with Crippen LogP contribution in [0.5, 0.6) is 0 Å². The van der Waals surface area contributed by atoms with Gasteiger partial charge in [0.25, 0.3) is 0 Å². The lowest BCUT2D eigenvalue weighted by molar-refractivity contribution is 0.0462. The van der Waals surface area contributed by atoms with Crippen molar-refractivity contribution >= 4 is 0 Å². The first-order valence-electron chi connectivity index (χ1n) is 4.69. The smallest absolute Gasteiger partial charge is 0.0611 e. The molecule has 0 radical (unpaired) electrons. The fraction of sp³-hybridized carbons (Fsp3) is 1.00. The van der Waals surface area contributed by atoms with Crippen molar-refractivity contribution in [3.05, 3.63) is 0 Å². The van der Waals surface area contributed by atoms with Gasteiger partial charge in [-0.05, 0) is 25.7 Å². The summed E-state index contributed by atoms with van der Waals surface area (Å²) in [6, 6.07) is 0.278. The maximum atomic E-state index is 9.77. The van der Waals surface area contributed by atoms with Crippen LogP contribution in [-0.4, -0.2) is 17.3 Å². The summed E-state index contributed by atoms with van der Waals surface area (Å²) in [6.07, 6.45) is 6.72. The Balaban J connectivity index is 2.19. The first-order chi connectivity index (χ1) is 5.26. The first-order valence-corrected chi connectivity index (χ1v) is 4.69. The third-order valence-electron chi connectivity index (χ3n) is 3.68. The molecule has 2 fully saturated rings. The van der Waals surface area contributed by atoms with E-state index in [0.717, 1.165) is 25.7 Å². The van der Waals surface area contributed by atoms with Crippen LogP contribution in [0, 0.1) is 5.41 Å². The van der Waals surface area contributed by atoms with E-state index in [1.54, 1.807) is 0 Å². The summed E-state index contributed by atoms with van der Waals surface area (Å²) in [7, 11) is 0. The van der Waals surface area contributed by atoms with Crippen LogP contribution in [0.2, 0.25) is 0 Å². The molecule has 0 heterocycles. The van der Waals surface area contributed by atoms with E-state index >= 15 is 0 Å². The summed E-state index contributed by atoms with van der Waals surface area (Å²) in [5, 5.41) is 9.77. The molecule has 11 heavy (non-hydrogen) atoms. The van der Waals surface area contributed by atoms with Gasteiger partial charge < -0.3 is 10.8 Å². The molecule has 2 aliphatic carbocycles. The fourth-order valence-corrected chi connectivity index (χ4v) is 2.93. The Bertz CT molecular complexity index is 140. The van der Waals surface area contributed by atoms with Crippen LogP contribution >= 0.6 is 0 Å². The quantitative estimate of drug-likeness (QED) is 0.549. The minimum atomic E-state index is -0.0972. The number of aliphatic hydroxyl groups is 1. The van der Waals surface area contributed by atoms with Gasteiger partial charge in [-0.1, -0.05) is 12.8 Å². The molecule has 3 atom stereocenters. The number of nitrogens with two attached hydrogens (primary N) is 1. The molecule has 64 valence electrons. The van der Waals surface area contributed by atoms with Crippen molar-refractivity contribution in [2.24, 2.45) is 11.1 Å². The molecular formula is C9H17NO. The zero-order valence-electron chi connectivity index (χ0n) is 6.92. The lowest BCUT2D eigenvalue weighted by Crippen LogP contribution is -2.42. The second kappa shape index (κ2) is 2.46. The van der Waals surface area contributed by atoms with Gasteiger partial charge in [-0.15, -0.1) is 0 Å². The predicted molar refractivity (Wildman–Crippen MR) is 44.1 cm³/mol. The summed E-state index contributed by atoms with van der Waals surface area (Å²) in [5.74, 6) is 0. The first kappa shape index (κ1) is 7.56. The van der Waals surface area contributed by atoms with Crippen molar-refractivity contribution < 1.29 is 5.11 Å². The molecule has 2 saturated carbocycles. The third kappa shape index (κ3) is 0.926. The van der Waals surface area contributed by atoms with Gasteiger partial charge in [-0.3, -0.25) is 0 Å². The minimum absolute atomic E-state index is 0.0972. The van der Waals surface area contributed by atoms with E-state index in [0.29, 0.717) is 0 Å². The summed E-state index contributed by atoms with van der Waals surface area (Å²) < 4.78 is 0. The molecule has 0 aromatic rings. The Morgan fingerprint density at radius 3 is 2.18 bits per heavy atom. The maximum absolute atomic E-state index is 9.77. The highest BCUT2D eigenvalue weighted by Gasteiger charge is 2.48. The molecule has 3 N–H and O–H groups in total. The van der Waals surface area contributed by atoms with E-state index in [9.17, 15) is 5.11 Å². The Morgan fingerprint density at radius 1 is 1.18 bits per heavy atom. The highest BCUT2D eigenvalue weighted by atomic mass is 16.3.